The van der Waals surface area contributed by atoms with Crippen LogP contribution in [0.5, 0.6) is 0 Å². The second-order valence-electron chi connectivity index (χ2n) is 5.15. The summed E-state index contributed by atoms with van der Waals surface area (Å²) < 4.78 is 16.1. The van der Waals surface area contributed by atoms with Crippen LogP contribution in [0, 0.1) is 9.39 Å². The fourth-order valence-electron chi connectivity index (χ4n) is 2.27. The molecule has 1 fully saturated rings. The Balaban J connectivity index is 1.97. The summed E-state index contributed by atoms with van der Waals surface area (Å²) in [5.41, 5.74) is 1.33. The molecule has 0 saturated heterocycles. The molecule has 112 valence electrons. The van der Waals surface area contributed by atoms with E-state index in [2.05, 4.69) is 10.3 Å². The minimum atomic E-state index is -0.302. The molecular weight excluding hydrogens is 408 g/mol. The minimum Gasteiger partial charge on any atom is -0.352 e. The first-order valence-corrected chi connectivity index (χ1v) is 8.39. The van der Waals surface area contributed by atoms with Gasteiger partial charge in [0.25, 0.3) is 0 Å². The molecule has 0 atom stereocenters. The summed E-state index contributed by atoms with van der Waals surface area (Å²) >= 11 is 7.73. The third-order valence-electron chi connectivity index (χ3n) is 3.43. The van der Waals surface area contributed by atoms with Crippen molar-refractivity contribution in [2.45, 2.75) is 31.8 Å². The average molecular weight is 422 g/mol. The van der Waals surface area contributed by atoms with E-state index < -0.39 is 0 Å². The molecule has 0 radical (unpaired) electrons. The number of nitrogens with one attached hydrogen (secondary N) is 1. The summed E-state index contributed by atoms with van der Waals surface area (Å²) in [6.45, 7) is 0.152. The van der Waals surface area contributed by atoms with Crippen molar-refractivity contribution in [1.82, 2.24) is 14.9 Å². The number of benzene rings is 1. The van der Waals surface area contributed by atoms with Crippen molar-refractivity contribution in [2.75, 3.05) is 5.88 Å². The highest BCUT2D eigenvalue weighted by atomic mass is 127. The molecule has 0 spiro atoms. The van der Waals surface area contributed by atoms with E-state index in [1.807, 2.05) is 22.6 Å². The maximum Gasteiger partial charge on any atom is 0.240 e. The van der Waals surface area contributed by atoms with Gasteiger partial charge in [-0.1, -0.05) is 0 Å². The molecule has 4 nitrogen and oxygen atoms in total. The topological polar surface area (TPSA) is 46.9 Å². The molecule has 7 heteroatoms. The lowest BCUT2D eigenvalue weighted by Crippen LogP contribution is -2.29. The maximum absolute atomic E-state index is 13.8. The standard InChI is InChI=1S/C14H14ClFIN3O/c15-4-3-13-19-11-6-10(17)9(16)5-12(11)20(13)7-14(21)18-8-1-2-8/h5-6,8H,1-4,7H2,(H,18,21). The predicted octanol–water partition coefficient (Wildman–Crippen LogP) is 2.84. The van der Waals surface area contributed by atoms with E-state index in [4.69, 9.17) is 11.6 Å². The van der Waals surface area contributed by atoms with Crippen LogP contribution in [0.25, 0.3) is 11.0 Å². The van der Waals surface area contributed by atoms with E-state index >= 15 is 0 Å². The molecule has 0 unspecified atom stereocenters. The number of carbonyl (C=O) groups is 1. The highest BCUT2D eigenvalue weighted by Gasteiger charge is 2.24. The number of rotatable bonds is 5. The number of hydrogen-bond donors (Lipinski definition) is 1. The summed E-state index contributed by atoms with van der Waals surface area (Å²) in [6, 6.07) is 3.44. The lowest BCUT2D eigenvalue weighted by molar-refractivity contribution is -0.121. The highest BCUT2D eigenvalue weighted by Crippen LogP contribution is 2.23. The second kappa shape index (κ2) is 6.08. The van der Waals surface area contributed by atoms with E-state index in [-0.39, 0.29) is 18.3 Å². The van der Waals surface area contributed by atoms with Gasteiger partial charge in [-0.3, -0.25) is 4.79 Å². The largest absolute Gasteiger partial charge is 0.352 e. The van der Waals surface area contributed by atoms with Gasteiger partial charge in [-0.2, -0.15) is 0 Å². The van der Waals surface area contributed by atoms with Crippen LogP contribution in [-0.2, 0) is 17.8 Å². The SMILES string of the molecule is O=C(Cn1c(CCCl)nc2cc(I)c(F)cc21)NC1CC1. The Morgan fingerprint density at radius 1 is 1.52 bits per heavy atom. The summed E-state index contributed by atoms with van der Waals surface area (Å²) in [7, 11) is 0. The van der Waals surface area contributed by atoms with Crippen LogP contribution < -0.4 is 5.32 Å². The van der Waals surface area contributed by atoms with Gasteiger partial charge in [-0.25, -0.2) is 9.37 Å². The summed E-state index contributed by atoms with van der Waals surface area (Å²) in [6.07, 6.45) is 2.63. The van der Waals surface area contributed by atoms with Crippen LogP contribution in [0.15, 0.2) is 12.1 Å². The van der Waals surface area contributed by atoms with E-state index in [0.29, 0.717) is 38.8 Å². The fourth-order valence-corrected chi connectivity index (χ4v) is 2.89. The van der Waals surface area contributed by atoms with Crippen molar-refractivity contribution in [2.24, 2.45) is 0 Å². The number of hydrogen-bond acceptors (Lipinski definition) is 2. The summed E-state index contributed by atoms with van der Waals surface area (Å²) in [5, 5.41) is 2.94. The predicted molar refractivity (Wildman–Crippen MR) is 88.0 cm³/mol. The van der Waals surface area contributed by atoms with Gasteiger partial charge < -0.3 is 9.88 Å². The second-order valence-corrected chi connectivity index (χ2v) is 6.69. The number of halogens is 3. The van der Waals surface area contributed by atoms with Crippen LogP contribution in [0.2, 0.25) is 0 Å². The molecule has 1 saturated carbocycles. The van der Waals surface area contributed by atoms with Gasteiger partial charge in [0.2, 0.25) is 5.91 Å². The Hall–Kier alpha value is -0.890. The van der Waals surface area contributed by atoms with Gasteiger partial charge in [-0.05, 0) is 41.5 Å². The molecule has 1 heterocycles. The molecule has 1 aliphatic rings. The zero-order valence-electron chi connectivity index (χ0n) is 11.2. The Labute approximate surface area is 140 Å². The Morgan fingerprint density at radius 3 is 2.95 bits per heavy atom. The van der Waals surface area contributed by atoms with Crippen LogP contribution in [-0.4, -0.2) is 27.4 Å². The molecule has 0 aliphatic heterocycles. The van der Waals surface area contributed by atoms with Crippen molar-refractivity contribution in [3.63, 3.8) is 0 Å². The molecule has 1 aromatic heterocycles. The van der Waals surface area contributed by atoms with Crippen molar-refractivity contribution in [3.05, 3.63) is 27.3 Å². The van der Waals surface area contributed by atoms with Gasteiger partial charge in [0.15, 0.2) is 0 Å². The maximum atomic E-state index is 13.8. The third-order valence-corrected chi connectivity index (χ3v) is 4.45. The number of aryl methyl sites for hydroxylation is 1. The fraction of sp³-hybridized carbons (Fsp3) is 0.429. The first kappa shape index (κ1) is 15.0. The average Bonchev–Trinajstić information content (AvgIpc) is 3.18. The van der Waals surface area contributed by atoms with Crippen LogP contribution >= 0.6 is 34.2 Å². The summed E-state index contributed by atoms with van der Waals surface area (Å²) in [5.74, 6) is 0.760. The van der Waals surface area contributed by atoms with Crippen LogP contribution in [0.3, 0.4) is 0 Å². The highest BCUT2D eigenvalue weighted by molar-refractivity contribution is 14.1. The molecule has 1 N–H and O–H groups in total. The van der Waals surface area contributed by atoms with E-state index in [0.717, 1.165) is 12.8 Å². The van der Waals surface area contributed by atoms with Gasteiger partial charge in [0.1, 0.15) is 18.2 Å². The van der Waals surface area contributed by atoms with Crippen molar-refractivity contribution >= 4 is 51.1 Å². The van der Waals surface area contributed by atoms with Gasteiger partial charge in [0, 0.05) is 24.4 Å². The quantitative estimate of drug-likeness (QED) is 0.596. The number of aromatic nitrogens is 2. The Bertz CT molecular complexity index is 699. The number of alkyl halides is 1. The van der Waals surface area contributed by atoms with Gasteiger partial charge in [-0.15, -0.1) is 11.6 Å². The minimum absolute atomic E-state index is 0.0634. The Kier molecular flexibility index (Phi) is 4.35. The number of fused-ring (bicyclic) bond motifs is 1. The monoisotopic (exact) mass is 421 g/mol. The molecular formula is C14H14ClFIN3O. The van der Waals surface area contributed by atoms with Crippen LogP contribution in [0.1, 0.15) is 18.7 Å². The molecule has 1 aromatic carbocycles. The number of amides is 1. The normalized spacial score (nSPS) is 14.6. The van der Waals surface area contributed by atoms with Crippen LogP contribution in [0.4, 0.5) is 4.39 Å². The first-order valence-electron chi connectivity index (χ1n) is 6.78. The third kappa shape index (κ3) is 3.31. The van der Waals surface area contributed by atoms with Crippen molar-refractivity contribution in [1.29, 1.82) is 0 Å². The molecule has 2 aromatic rings. The molecule has 3 rings (SSSR count). The Morgan fingerprint density at radius 2 is 2.29 bits per heavy atom. The van der Waals surface area contributed by atoms with Gasteiger partial charge >= 0.3 is 0 Å². The van der Waals surface area contributed by atoms with Crippen molar-refractivity contribution < 1.29 is 9.18 Å². The van der Waals surface area contributed by atoms with E-state index in [1.165, 1.54) is 6.07 Å². The summed E-state index contributed by atoms with van der Waals surface area (Å²) in [4.78, 5) is 16.5. The van der Waals surface area contributed by atoms with E-state index in [1.54, 1.807) is 10.6 Å². The number of carbonyl (C=O) groups excluding carboxylic acids is 1. The molecule has 1 aliphatic carbocycles. The molecule has 1 amide bonds. The lowest BCUT2D eigenvalue weighted by atomic mass is 10.3. The zero-order valence-corrected chi connectivity index (χ0v) is 14.1. The van der Waals surface area contributed by atoms with Crippen molar-refractivity contribution in [3.8, 4) is 0 Å². The number of imidazole rings is 1. The number of nitrogens with zero attached hydrogens (tertiary/aromatic N) is 2. The molecule has 0 bridgehead atoms. The van der Waals surface area contributed by atoms with Gasteiger partial charge in [0.05, 0.1) is 14.6 Å². The lowest BCUT2D eigenvalue weighted by Gasteiger charge is -2.09. The molecule has 21 heavy (non-hydrogen) atoms. The van der Waals surface area contributed by atoms with E-state index in [9.17, 15) is 9.18 Å². The zero-order chi connectivity index (χ0) is 15.0. The first-order chi connectivity index (χ1) is 10.1. The smallest absolute Gasteiger partial charge is 0.240 e.